The molecule has 2 saturated heterocycles. The Labute approximate surface area is 150 Å². The molecule has 7 heteroatoms. The Kier molecular flexibility index (Phi) is 4.96. The number of β-lactam (4-membered cyclic amide) rings is 1. The van der Waals surface area contributed by atoms with Gasteiger partial charge >= 0.3 is 5.97 Å². The summed E-state index contributed by atoms with van der Waals surface area (Å²) in [6.45, 7) is 16.8. The van der Waals surface area contributed by atoms with Gasteiger partial charge in [-0.2, -0.15) is 0 Å². The van der Waals surface area contributed by atoms with E-state index in [1.807, 2.05) is 20.8 Å². The first kappa shape index (κ1) is 19.8. The Balaban J connectivity index is 2.22. The highest BCUT2D eigenvalue weighted by atomic mass is 32.2. The van der Waals surface area contributed by atoms with Crippen LogP contribution < -0.4 is 0 Å². The molecule has 2 rings (SSSR count). The van der Waals surface area contributed by atoms with Crippen molar-refractivity contribution in [1.82, 2.24) is 4.90 Å². The molecule has 2 aliphatic rings. The zero-order chi connectivity index (χ0) is 18.7. The van der Waals surface area contributed by atoms with Crippen LogP contribution in [-0.2, 0) is 14.0 Å². The molecule has 0 saturated carbocycles. The van der Waals surface area contributed by atoms with Crippen molar-refractivity contribution in [3.05, 3.63) is 0 Å². The standard InChI is InChI=1S/C17H31NO4SSi/c1-9-10(22-24(7,8)16(2,3)4)11-13(19)18-12(15(20)21)17(5,6)23-14(11)18/h10-12,14H,9H2,1-8H3,(H,20,21)/t10?,11-,12+,14-/m1/s1. The number of aliphatic carboxylic acids is 1. The van der Waals surface area contributed by atoms with E-state index in [-0.39, 0.29) is 28.3 Å². The molecule has 4 atom stereocenters. The fourth-order valence-corrected chi connectivity index (χ4v) is 6.52. The summed E-state index contributed by atoms with van der Waals surface area (Å²) in [5.74, 6) is -1.20. The number of fused-ring (bicyclic) bond motifs is 1. The molecule has 138 valence electrons. The normalized spacial score (nSPS) is 30.8. The molecule has 0 aromatic carbocycles. The Morgan fingerprint density at radius 3 is 2.38 bits per heavy atom. The third kappa shape index (κ3) is 3.03. The van der Waals surface area contributed by atoms with Gasteiger partial charge in [-0.05, 0) is 38.4 Å². The third-order valence-corrected chi connectivity index (χ3v) is 11.9. The summed E-state index contributed by atoms with van der Waals surface area (Å²) in [7, 11) is -1.98. The van der Waals surface area contributed by atoms with Crippen LogP contribution in [0.15, 0.2) is 0 Å². The first-order valence-electron chi connectivity index (χ1n) is 8.65. The van der Waals surface area contributed by atoms with Crippen LogP contribution in [0, 0.1) is 5.92 Å². The largest absolute Gasteiger partial charge is 0.480 e. The van der Waals surface area contributed by atoms with Crippen molar-refractivity contribution in [2.75, 3.05) is 0 Å². The lowest BCUT2D eigenvalue weighted by molar-refractivity contribution is -0.168. The van der Waals surface area contributed by atoms with Crippen LogP contribution in [0.2, 0.25) is 18.1 Å². The maximum Gasteiger partial charge on any atom is 0.327 e. The fourth-order valence-electron chi connectivity index (χ4n) is 3.35. The minimum atomic E-state index is -1.98. The highest BCUT2D eigenvalue weighted by Gasteiger charge is 2.65. The first-order valence-corrected chi connectivity index (χ1v) is 12.4. The Hall–Kier alpha value is -0.533. The van der Waals surface area contributed by atoms with Crippen LogP contribution in [0.25, 0.3) is 0 Å². The molecule has 5 nitrogen and oxygen atoms in total. The number of carbonyl (C=O) groups excluding carboxylic acids is 1. The number of rotatable bonds is 5. The number of carboxylic acids is 1. The van der Waals surface area contributed by atoms with Crippen LogP contribution in [0.3, 0.4) is 0 Å². The second kappa shape index (κ2) is 6.02. The highest BCUT2D eigenvalue weighted by molar-refractivity contribution is 8.01. The van der Waals surface area contributed by atoms with Gasteiger partial charge in [0.2, 0.25) is 5.91 Å². The number of thioether (sulfide) groups is 1. The molecule has 0 bridgehead atoms. The summed E-state index contributed by atoms with van der Waals surface area (Å²) in [4.78, 5) is 26.0. The monoisotopic (exact) mass is 373 g/mol. The minimum absolute atomic E-state index is 0.0592. The van der Waals surface area contributed by atoms with Crippen LogP contribution in [0.5, 0.6) is 0 Å². The summed E-state index contributed by atoms with van der Waals surface area (Å²) in [5.41, 5.74) is 0. The molecule has 24 heavy (non-hydrogen) atoms. The predicted octanol–water partition coefficient (Wildman–Crippen LogP) is 3.55. The van der Waals surface area contributed by atoms with Gasteiger partial charge in [0, 0.05) is 4.75 Å². The van der Waals surface area contributed by atoms with E-state index in [0.717, 1.165) is 6.42 Å². The maximum absolute atomic E-state index is 12.8. The summed E-state index contributed by atoms with van der Waals surface area (Å²) in [6.07, 6.45) is 0.641. The average molecular weight is 374 g/mol. The summed E-state index contributed by atoms with van der Waals surface area (Å²) < 4.78 is 6.05. The quantitative estimate of drug-likeness (QED) is 0.590. The van der Waals surface area contributed by atoms with Gasteiger partial charge in [0.1, 0.15) is 6.04 Å². The number of hydrogen-bond acceptors (Lipinski definition) is 4. The van der Waals surface area contributed by atoms with Crippen LogP contribution >= 0.6 is 11.8 Å². The number of carbonyl (C=O) groups is 2. The number of nitrogens with zero attached hydrogens (tertiary/aromatic N) is 1. The van der Waals surface area contributed by atoms with Gasteiger partial charge in [-0.25, -0.2) is 4.79 Å². The van der Waals surface area contributed by atoms with Crippen molar-refractivity contribution in [1.29, 1.82) is 0 Å². The van der Waals surface area contributed by atoms with Gasteiger partial charge in [0.15, 0.2) is 8.32 Å². The van der Waals surface area contributed by atoms with Gasteiger partial charge in [-0.1, -0.05) is 27.7 Å². The molecule has 0 aliphatic carbocycles. The van der Waals surface area contributed by atoms with E-state index in [9.17, 15) is 14.7 Å². The van der Waals surface area contributed by atoms with E-state index in [4.69, 9.17) is 4.43 Å². The molecule has 1 N–H and O–H groups in total. The lowest BCUT2D eigenvalue weighted by atomic mass is 9.87. The van der Waals surface area contributed by atoms with E-state index >= 15 is 0 Å². The molecule has 1 amide bonds. The lowest BCUT2D eigenvalue weighted by Crippen LogP contribution is -2.66. The Morgan fingerprint density at radius 1 is 1.42 bits per heavy atom. The summed E-state index contributed by atoms with van der Waals surface area (Å²) in [5, 5.41) is 9.53. The van der Waals surface area contributed by atoms with Gasteiger partial charge < -0.3 is 14.4 Å². The average Bonchev–Trinajstić information content (AvgIpc) is 2.64. The molecule has 2 aliphatic heterocycles. The van der Waals surface area contributed by atoms with Crippen molar-refractivity contribution >= 4 is 32.0 Å². The van der Waals surface area contributed by atoms with E-state index in [1.54, 1.807) is 16.7 Å². The summed E-state index contributed by atoms with van der Waals surface area (Å²) >= 11 is 1.60. The van der Waals surface area contributed by atoms with E-state index in [2.05, 4.69) is 33.9 Å². The third-order valence-electron chi connectivity index (χ3n) is 5.77. The molecule has 2 heterocycles. The van der Waals surface area contributed by atoms with Crippen molar-refractivity contribution < 1.29 is 19.1 Å². The minimum Gasteiger partial charge on any atom is -0.480 e. The van der Waals surface area contributed by atoms with Crippen molar-refractivity contribution in [3.8, 4) is 0 Å². The van der Waals surface area contributed by atoms with Crippen molar-refractivity contribution in [2.24, 2.45) is 5.92 Å². The lowest BCUT2D eigenvalue weighted by Gasteiger charge is -2.49. The molecular weight excluding hydrogens is 342 g/mol. The van der Waals surface area contributed by atoms with Crippen molar-refractivity contribution in [3.63, 3.8) is 0 Å². The molecule has 0 aromatic rings. The first-order chi connectivity index (χ1) is 10.7. The van der Waals surface area contributed by atoms with Gasteiger partial charge in [0.05, 0.1) is 17.4 Å². The smallest absolute Gasteiger partial charge is 0.327 e. The number of carboxylic acid groups (broad SMARTS) is 1. The molecule has 2 fully saturated rings. The summed E-state index contributed by atoms with van der Waals surface area (Å²) in [6, 6.07) is -0.748. The SMILES string of the molecule is CCC(O[Si](C)(C)C(C)(C)C)[C@@H]1C(=O)N2[C@@H]1SC(C)(C)[C@@H]2C(=O)O. The van der Waals surface area contributed by atoms with Gasteiger partial charge in [-0.15, -0.1) is 11.8 Å². The van der Waals surface area contributed by atoms with Crippen molar-refractivity contribution in [2.45, 2.75) is 88.4 Å². The Morgan fingerprint density at radius 2 is 1.96 bits per heavy atom. The van der Waals surface area contributed by atoms with E-state index in [0.29, 0.717) is 0 Å². The van der Waals surface area contributed by atoms with Gasteiger partial charge in [-0.3, -0.25) is 4.79 Å². The second-order valence-corrected chi connectivity index (χ2v) is 15.5. The van der Waals surface area contributed by atoms with E-state index in [1.165, 1.54) is 0 Å². The molecule has 1 unspecified atom stereocenters. The molecule has 0 radical (unpaired) electrons. The Bertz CT molecular complexity index is 543. The molecule has 0 spiro atoms. The zero-order valence-corrected chi connectivity index (χ0v) is 17.9. The number of hydrogen-bond donors (Lipinski definition) is 1. The van der Waals surface area contributed by atoms with Gasteiger partial charge in [0.25, 0.3) is 0 Å². The van der Waals surface area contributed by atoms with Crippen LogP contribution in [0.4, 0.5) is 0 Å². The van der Waals surface area contributed by atoms with Crippen LogP contribution in [0.1, 0.15) is 48.0 Å². The zero-order valence-electron chi connectivity index (χ0n) is 16.0. The van der Waals surface area contributed by atoms with E-state index < -0.39 is 25.1 Å². The maximum atomic E-state index is 12.8. The predicted molar refractivity (Wildman–Crippen MR) is 99.6 cm³/mol. The molecule has 0 aromatic heterocycles. The highest BCUT2D eigenvalue weighted by Crippen LogP contribution is 2.55. The topological polar surface area (TPSA) is 66.8 Å². The van der Waals surface area contributed by atoms with Crippen LogP contribution in [-0.4, -0.2) is 52.5 Å². The fraction of sp³-hybridized carbons (Fsp3) is 0.882. The molecular formula is C17H31NO4SSi. The second-order valence-electron chi connectivity index (χ2n) is 8.95. The number of amides is 1.